The minimum absolute atomic E-state index is 0.137. The Labute approximate surface area is 149 Å². The van der Waals surface area contributed by atoms with Gasteiger partial charge in [0.1, 0.15) is 11.6 Å². The maximum absolute atomic E-state index is 12.8. The highest BCUT2D eigenvalue weighted by atomic mass is 16.5. The first-order chi connectivity index (χ1) is 12.5. The Morgan fingerprint density at radius 2 is 1.88 bits per heavy atom. The molecule has 0 unspecified atom stereocenters. The molecule has 4 rings (SSSR count). The van der Waals surface area contributed by atoms with Gasteiger partial charge in [0.25, 0.3) is 5.91 Å². The summed E-state index contributed by atoms with van der Waals surface area (Å²) in [6, 6.07) is 16.4. The monoisotopic (exact) mass is 347 g/mol. The van der Waals surface area contributed by atoms with Gasteiger partial charge >= 0.3 is 0 Å². The van der Waals surface area contributed by atoms with Crippen LogP contribution in [0.2, 0.25) is 0 Å². The number of nitrogens with one attached hydrogen (secondary N) is 1. The van der Waals surface area contributed by atoms with Crippen LogP contribution in [0.4, 0.5) is 5.82 Å². The van der Waals surface area contributed by atoms with Crippen LogP contribution in [0.5, 0.6) is 5.75 Å². The van der Waals surface area contributed by atoms with E-state index in [1.54, 1.807) is 31.2 Å². The third-order valence-electron chi connectivity index (χ3n) is 4.42. The Bertz CT molecular complexity index is 1110. The minimum atomic E-state index is -0.375. The SMILES string of the molecule is Cc1noc(C(=O)Nc2cc3ccccc3n2C)c1-c1ccc(O)cc1. The highest BCUT2D eigenvalue weighted by molar-refractivity contribution is 6.07. The molecule has 0 fully saturated rings. The fourth-order valence-corrected chi connectivity index (χ4v) is 3.07. The van der Waals surface area contributed by atoms with Crippen LogP contribution in [0.25, 0.3) is 22.0 Å². The number of hydrogen-bond donors (Lipinski definition) is 2. The second-order valence-electron chi connectivity index (χ2n) is 6.12. The number of aryl methyl sites for hydroxylation is 2. The summed E-state index contributed by atoms with van der Waals surface area (Å²) < 4.78 is 7.21. The molecule has 2 aromatic heterocycles. The molecule has 0 atom stereocenters. The second kappa shape index (κ2) is 6.07. The summed E-state index contributed by atoms with van der Waals surface area (Å²) >= 11 is 0. The Hall–Kier alpha value is -3.54. The summed E-state index contributed by atoms with van der Waals surface area (Å²) in [6.45, 7) is 1.78. The fourth-order valence-electron chi connectivity index (χ4n) is 3.07. The Morgan fingerprint density at radius 3 is 2.62 bits per heavy atom. The van der Waals surface area contributed by atoms with Crippen molar-refractivity contribution in [1.29, 1.82) is 0 Å². The highest BCUT2D eigenvalue weighted by Crippen LogP contribution is 2.30. The van der Waals surface area contributed by atoms with Gasteiger partial charge in [-0.3, -0.25) is 4.79 Å². The highest BCUT2D eigenvalue weighted by Gasteiger charge is 2.22. The molecule has 0 aliphatic carbocycles. The zero-order chi connectivity index (χ0) is 18.3. The summed E-state index contributed by atoms with van der Waals surface area (Å²) in [4.78, 5) is 12.8. The molecule has 2 heterocycles. The number of fused-ring (bicyclic) bond motifs is 1. The van der Waals surface area contributed by atoms with E-state index in [1.165, 1.54) is 0 Å². The smallest absolute Gasteiger partial charge is 0.296 e. The van der Waals surface area contributed by atoms with Crippen LogP contribution in [-0.4, -0.2) is 20.7 Å². The van der Waals surface area contributed by atoms with Crippen molar-refractivity contribution in [3.63, 3.8) is 0 Å². The average Bonchev–Trinajstić information content (AvgIpc) is 3.17. The third-order valence-corrected chi connectivity index (χ3v) is 4.42. The van der Waals surface area contributed by atoms with Crippen LogP contribution in [0.15, 0.2) is 59.1 Å². The van der Waals surface area contributed by atoms with Crippen molar-refractivity contribution in [2.24, 2.45) is 7.05 Å². The molecule has 2 aromatic carbocycles. The molecule has 130 valence electrons. The van der Waals surface area contributed by atoms with Crippen molar-refractivity contribution in [2.45, 2.75) is 6.92 Å². The van der Waals surface area contributed by atoms with E-state index in [-0.39, 0.29) is 17.4 Å². The molecule has 0 aliphatic heterocycles. The number of hydrogen-bond acceptors (Lipinski definition) is 4. The molecule has 26 heavy (non-hydrogen) atoms. The molecular formula is C20H17N3O3. The fraction of sp³-hybridized carbons (Fsp3) is 0.100. The molecule has 0 radical (unpaired) electrons. The van der Waals surface area contributed by atoms with Crippen molar-refractivity contribution >= 4 is 22.6 Å². The van der Waals surface area contributed by atoms with E-state index < -0.39 is 0 Å². The number of carbonyl (C=O) groups excluding carboxylic acids is 1. The zero-order valence-corrected chi connectivity index (χ0v) is 14.4. The average molecular weight is 347 g/mol. The van der Waals surface area contributed by atoms with Crippen molar-refractivity contribution < 1.29 is 14.4 Å². The lowest BCUT2D eigenvalue weighted by atomic mass is 10.0. The molecule has 6 nitrogen and oxygen atoms in total. The molecule has 2 N–H and O–H groups in total. The molecule has 0 saturated heterocycles. The van der Waals surface area contributed by atoms with E-state index in [0.29, 0.717) is 17.1 Å². The molecule has 0 aliphatic rings. The lowest BCUT2D eigenvalue weighted by molar-refractivity contribution is 0.0988. The van der Waals surface area contributed by atoms with Gasteiger partial charge in [0.05, 0.1) is 11.3 Å². The van der Waals surface area contributed by atoms with E-state index in [2.05, 4.69) is 10.5 Å². The summed E-state index contributed by atoms with van der Waals surface area (Å²) in [6.07, 6.45) is 0. The van der Waals surface area contributed by atoms with Gasteiger partial charge in [-0.15, -0.1) is 0 Å². The van der Waals surface area contributed by atoms with Crippen LogP contribution in [0.1, 0.15) is 16.2 Å². The molecular weight excluding hydrogens is 330 g/mol. The van der Waals surface area contributed by atoms with Crippen molar-refractivity contribution in [3.8, 4) is 16.9 Å². The predicted molar refractivity (Wildman–Crippen MR) is 99.2 cm³/mol. The largest absolute Gasteiger partial charge is 0.508 e. The summed E-state index contributed by atoms with van der Waals surface area (Å²) in [7, 11) is 1.89. The molecule has 0 saturated carbocycles. The summed E-state index contributed by atoms with van der Waals surface area (Å²) in [5.41, 5.74) is 3.00. The molecule has 4 aromatic rings. The number of aromatic hydroxyl groups is 1. The van der Waals surface area contributed by atoms with Crippen LogP contribution in [0.3, 0.4) is 0 Å². The normalized spacial score (nSPS) is 11.0. The second-order valence-corrected chi connectivity index (χ2v) is 6.12. The van der Waals surface area contributed by atoms with Crippen LogP contribution < -0.4 is 5.32 Å². The van der Waals surface area contributed by atoms with Gasteiger partial charge in [0.15, 0.2) is 0 Å². The first-order valence-electron chi connectivity index (χ1n) is 8.16. The van der Waals surface area contributed by atoms with Crippen molar-refractivity contribution in [1.82, 2.24) is 9.72 Å². The van der Waals surface area contributed by atoms with Crippen molar-refractivity contribution in [2.75, 3.05) is 5.32 Å². The van der Waals surface area contributed by atoms with Crippen LogP contribution in [-0.2, 0) is 7.05 Å². The number of para-hydroxylation sites is 1. The molecule has 0 spiro atoms. The third kappa shape index (κ3) is 2.61. The lowest BCUT2D eigenvalue weighted by Gasteiger charge is -2.07. The van der Waals surface area contributed by atoms with E-state index in [1.807, 2.05) is 41.9 Å². The Balaban J connectivity index is 1.71. The first kappa shape index (κ1) is 16.0. The number of nitrogens with zero attached hydrogens (tertiary/aromatic N) is 2. The van der Waals surface area contributed by atoms with Gasteiger partial charge in [-0.25, -0.2) is 0 Å². The van der Waals surface area contributed by atoms with Crippen LogP contribution >= 0.6 is 0 Å². The Morgan fingerprint density at radius 1 is 1.15 bits per heavy atom. The van der Waals surface area contributed by atoms with Crippen molar-refractivity contribution in [3.05, 3.63) is 66.1 Å². The molecule has 6 heteroatoms. The van der Waals surface area contributed by atoms with Gasteiger partial charge in [0.2, 0.25) is 5.76 Å². The summed E-state index contributed by atoms with van der Waals surface area (Å²) in [5.74, 6) is 0.587. The number of phenols is 1. The van der Waals surface area contributed by atoms with Gasteiger partial charge in [-0.05, 0) is 36.8 Å². The first-order valence-corrected chi connectivity index (χ1v) is 8.16. The van der Waals surface area contributed by atoms with Crippen LogP contribution in [0, 0.1) is 6.92 Å². The van der Waals surface area contributed by atoms with E-state index in [0.717, 1.165) is 16.5 Å². The number of phenolic OH excluding ortho intramolecular Hbond substituents is 1. The number of amides is 1. The topological polar surface area (TPSA) is 80.3 Å². The van der Waals surface area contributed by atoms with E-state index in [9.17, 15) is 9.90 Å². The number of rotatable bonds is 3. The molecule has 0 bridgehead atoms. The van der Waals surface area contributed by atoms with Gasteiger partial charge in [0, 0.05) is 18.0 Å². The maximum atomic E-state index is 12.8. The summed E-state index contributed by atoms with van der Waals surface area (Å²) in [5, 5.41) is 17.3. The number of anilines is 1. The number of aromatic nitrogens is 2. The standard InChI is InChI=1S/C20H17N3O3/c1-12-18(13-7-9-15(24)10-8-13)19(26-22-12)20(25)21-17-11-14-5-3-4-6-16(14)23(17)2/h3-11,24H,1-2H3,(H,21,25). The number of carbonyl (C=O) groups is 1. The lowest BCUT2D eigenvalue weighted by Crippen LogP contribution is -2.14. The van der Waals surface area contributed by atoms with Gasteiger partial charge in [-0.2, -0.15) is 0 Å². The molecule has 1 amide bonds. The number of benzene rings is 2. The van der Waals surface area contributed by atoms with E-state index in [4.69, 9.17) is 4.52 Å². The van der Waals surface area contributed by atoms with E-state index >= 15 is 0 Å². The zero-order valence-electron chi connectivity index (χ0n) is 14.4. The minimum Gasteiger partial charge on any atom is -0.508 e. The predicted octanol–water partition coefficient (Wildman–Crippen LogP) is 4.10. The Kier molecular flexibility index (Phi) is 3.73. The van der Waals surface area contributed by atoms with Gasteiger partial charge < -0.3 is 19.5 Å². The van der Waals surface area contributed by atoms with Gasteiger partial charge in [-0.1, -0.05) is 35.5 Å². The maximum Gasteiger partial charge on any atom is 0.296 e. The quantitative estimate of drug-likeness (QED) is 0.585.